The Labute approximate surface area is 186 Å². The Morgan fingerprint density at radius 2 is 1.91 bits per heavy atom. The van der Waals surface area contributed by atoms with Crippen LogP contribution in [-0.4, -0.2) is 51.0 Å². The maximum atomic E-state index is 12.4. The van der Waals surface area contributed by atoms with Crippen LogP contribution in [0.5, 0.6) is 11.5 Å². The van der Waals surface area contributed by atoms with Crippen LogP contribution in [0.3, 0.4) is 0 Å². The zero-order valence-electron chi connectivity index (χ0n) is 18.1. The van der Waals surface area contributed by atoms with E-state index >= 15 is 0 Å². The minimum absolute atomic E-state index is 0.0432. The molecule has 0 fully saturated rings. The Kier molecular flexibility index (Phi) is 6.98. The molecule has 32 heavy (non-hydrogen) atoms. The van der Waals surface area contributed by atoms with Crippen LogP contribution in [0.2, 0.25) is 0 Å². The van der Waals surface area contributed by atoms with Crippen LogP contribution in [-0.2, 0) is 21.4 Å². The first-order chi connectivity index (χ1) is 15.2. The third kappa shape index (κ3) is 5.76. The predicted molar refractivity (Wildman–Crippen MR) is 118 cm³/mol. The van der Waals surface area contributed by atoms with Gasteiger partial charge in [-0.3, -0.25) is 9.10 Å². The summed E-state index contributed by atoms with van der Waals surface area (Å²) >= 11 is 0. The fourth-order valence-electron chi connectivity index (χ4n) is 2.70. The molecule has 0 aliphatic carbocycles. The Morgan fingerprint density at radius 3 is 2.56 bits per heavy atom. The first-order valence-electron chi connectivity index (χ1n) is 9.62. The van der Waals surface area contributed by atoms with E-state index in [1.54, 1.807) is 44.4 Å². The van der Waals surface area contributed by atoms with E-state index in [-0.39, 0.29) is 18.3 Å². The lowest BCUT2D eigenvalue weighted by atomic mass is 10.2. The molecule has 2 aromatic carbocycles. The van der Waals surface area contributed by atoms with Gasteiger partial charge in [-0.25, -0.2) is 8.42 Å². The number of amides is 1. The highest BCUT2D eigenvalue weighted by Gasteiger charge is 2.17. The lowest BCUT2D eigenvalue weighted by molar-refractivity contribution is -0.127. The summed E-state index contributed by atoms with van der Waals surface area (Å²) in [5.74, 6) is 1.36. The SMILES string of the molecule is COc1cccc(-c2noc(CNC(=O)C(C)Oc3ccc(N(C)S(C)(=O)=O)cc3)n2)c1. The zero-order chi connectivity index (χ0) is 23.3. The second kappa shape index (κ2) is 9.69. The van der Waals surface area contributed by atoms with E-state index < -0.39 is 16.1 Å². The number of carbonyl (C=O) groups excluding carboxylic acids is 1. The van der Waals surface area contributed by atoms with Crippen LogP contribution in [0, 0.1) is 0 Å². The summed E-state index contributed by atoms with van der Waals surface area (Å²) in [4.78, 5) is 16.6. The number of aromatic nitrogens is 2. The van der Waals surface area contributed by atoms with E-state index in [9.17, 15) is 13.2 Å². The van der Waals surface area contributed by atoms with Crippen LogP contribution in [0.4, 0.5) is 5.69 Å². The number of nitrogens with one attached hydrogen (secondary N) is 1. The maximum Gasteiger partial charge on any atom is 0.261 e. The maximum absolute atomic E-state index is 12.4. The molecule has 1 amide bonds. The summed E-state index contributed by atoms with van der Waals surface area (Å²) in [6.07, 6.45) is 0.321. The largest absolute Gasteiger partial charge is 0.497 e. The summed E-state index contributed by atoms with van der Waals surface area (Å²) in [7, 11) is -0.328. The highest BCUT2D eigenvalue weighted by Crippen LogP contribution is 2.22. The smallest absolute Gasteiger partial charge is 0.261 e. The number of rotatable bonds is 9. The van der Waals surface area contributed by atoms with Crippen molar-refractivity contribution >= 4 is 21.6 Å². The number of methoxy groups -OCH3 is 1. The van der Waals surface area contributed by atoms with Crippen molar-refractivity contribution in [1.82, 2.24) is 15.5 Å². The number of hydrogen-bond acceptors (Lipinski definition) is 8. The molecular formula is C21H24N4O6S. The molecule has 0 radical (unpaired) electrons. The van der Waals surface area contributed by atoms with Crippen molar-refractivity contribution in [2.24, 2.45) is 0 Å². The van der Waals surface area contributed by atoms with Gasteiger partial charge in [-0.1, -0.05) is 17.3 Å². The highest BCUT2D eigenvalue weighted by molar-refractivity contribution is 7.92. The van der Waals surface area contributed by atoms with Gasteiger partial charge in [0.15, 0.2) is 6.10 Å². The number of nitrogens with zero attached hydrogens (tertiary/aromatic N) is 3. The van der Waals surface area contributed by atoms with Crippen molar-refractivity contribution in [2.45, 2.75) is 19.6 Å². The molecule has 0 spiro atoms. The van der Waals surface area contributed by atoms with Gasteiger partial charge in [-0.2, -0.15) is 4.98 Å². The minimum Gasteiger partial charge on any atom is -0.497 e. The molecule has 1 N–H and O–H groups in total. The van der Waals surface area contributed by atoms with E-state index in [1.165, 1.54) is 7.05 Å². The van der Waals surface area contributed by atoms with E-state index in [1.807, 2.05) is 18.2 Å². The number of sulfonamides is 1. The van der Waals surface area contributed by atoms with Crippen molar-refractivity contribution in [3.05, 3.63) is 54.4 Å². The van der Waals surface area contributed by atoms with Gasteiger partial charge in [-0.15, -0.1) is 0 Å². The predicted octanol–water partition coefficient (Wildman–Crippen LogP) is 2.22. The van der Waals surface area contributed by atoms with Gasteiger partial charge in [0.1, 0.15) is 11.5 Å². The van der Waals surface area contributed by atoms with Crippen molar-refractivity contribution < 1.29 is 27.2 Å². The Bertz CT molecular complexity index is 1180. The molecular weight excluding hydrogens is 436 g/mol. The third-order valence-corrected chi connectivity index (χ3v) is 5.80. The molecule has 1 unspecified atom stereocenters. The van der Waals surface area contributed by atoms with Crippen molar-refractivity contribution in [3.8, 4) is 22.9 Å². The van der Waals surface area contributed by atoms with Gasteiger partial charge in [0.05, 0.1) is 25.6 Å². The monoisotopic (exact) mass is 460 g/mol. The molecule has 1 aromatic heterocycles. The number of benzene rings is 2. The van der Waals surface area contributed by atoms with Crippen LogP contribution in [0.15, 0.2) is 53.1 Å². The third-order valence-electron chi connectivity index (χ3n) is 4.59. The summed E-state index contributed by atoms with van der Waals surface area (Å²) in [6, 6.07) is 13.6. The average molecular weight is 461 g/mol. The Hall–Kier alpha value is -3.60. The molecule has 0 bridgehead atoms. The number of hydrogen-bond donors (Lipinski definition) is 1. The molecule has 170 valence electrons. The first-order valence-corrected chi connectivity index (χ1v) is 11.5. The van der Waals surface area contributed by atoms with E-state index in [2.05, 4.69) is 15.5 Å². The van der Waals surface area contributed by atoms with Gasteiger partial charge in [0.25, 0.3) is 5.91 Å². The van der Waals surface area contributed by atoms with E-state index in [0.717, 1.165) is 16.1 Å². The molecule has 0 aliphatic rings. The van der Waals surface area contributed by atoms with E-state index in [4.69, 9.17) is 14.0 Å². The zero-order valence-corrected chi connectivity index (χ0v) is 18.9. The first kappa shape index (κ1) is 23.1. The molecule has 3 aromatic rings. The molecule has 10 nitrogen and oxygen atoms in total. The molecule has 0 saturated heterocycles. The van der Waals surface area contributed by atoms with Gasteiger partial charge in [0, 0.05) is 12.6 Å². The van der Waals surface area contributed by atoms with Gasteiger partial charge >= 0.3 is 0 Å². The molecule has 1 heterocycles. The summed E-state index contributed by atoms with van der Waals surface area (Å²) in [6.45, 7) is 1.64. The van der Waals surface area contributed by atoms with Crippen molar-refractivity contribution in [3.63, 3.8) is 0 Å². The van der Waals surface area contributed by atoms with Crippen LogP contribution < -0.4 is 19.1 Å². The number of carbonyl (C=O) groups is 1. The van der Waals surface area contributed by atoms with Crippen LogP contribution in [0.25, 0.3) is 11.4 Å². The topological polar surface area (TPSA) is 124 Å². The quantitative estimate of drug-likeness (QED) is 0.516. The Balaban J connectivity index is 1.54. The van der Waals surface area contributed by atoms with Gasteiger partial charge < -0.3 is 19.3 Å². The highest BCUT2D eigenvalue weighted by atomic mass is 32.2. The molecule has 3 rings (SSSR count). The molecule has 1 atom stereocenters. The molecule has 0 saturated carbocycles. The van der Waals surface area contributed by atoms with Gasteiger partial charge in [0.2, 0.25) is 21.7 Å². The van der Waals surface area contributed by atoms with Crippen LogP contribution >= 0.6 is 0 Å². The summed E-state index contributed by atoms with van der Waals surface area (Å²) in [5.41, 5.74) is 1.22. The summed E-state index contributed by atoms with van der Waals surface area (Å²) in [5, 5.41) is 6.60. The van der Waals surface area contributed by atoms with Crippen molar-refractivity contribution in [2.75, 3.05) is 24.7 Å². The fraction of sp³-hybridized carbons (Fsp3) is 0.286. The molecule has 0 aliphatic heterocycles. The number of ether oxygens (including phenoxy) is 2. The van der Waals surface area contributed by atoms with E-state index in [0.29, 0.717) is 23.0 Å². The normalized spacial score (nSPS) is 12.1. The van der Waals surface area contributed by atoms with Crippen LogP contribution in [0.1, 0.15) is 12.8 Å². The lowest BCUT2D eigenvalue weighted by Gasteiger charge is -2.18. The van der Waals surface area contributed by atoms with Gasteiger partial charge in [-0.05, 0) is 43.3 Å². The average Bonchev–Trinajstić information content (AvgIpc) is 3.26. The minimum atomic E-state index is -3.36. The molecule has 11 heteroatoms. The number of anilines is 1. The second-order valence-electron chi connectivity index (χ2n) is 6.95. The second-order valence-corrected chi connectivity index (χ2v) is 8.96. The lowest BCUT2D eigenvalue weighted by Crippen LogP contribution is -2.36. The summed E-state index contributed by atoms with van der Waals surface area (Å²) < 4.78 is 40.4. The standard InChI is InChI=1S/C21H24N4O6S/c1-14(30-17-10-8-16(9-11-17)25(2)32(4,27)28)21(26)22-13-19-23-20(24-31-19)15-6-5-7-18(12-15)29-3/h5-12,14H,13H2,1-4H3,(H,22,26). The Morgan fingerprint density at radius 1 is 1.19 bits per heavy atom. The van der Waals surface area contributed by atoms with Crippen molar-refractivity contribution in [1.29, 1.82) is 0 Å². The fourth-order valence-corrected chi connectivity index (χ4v) is 3.20.